The van der Waals surface area contributed by atoms with Crippen LogP contribution in [0.3, 0.4) is 0 Å². The Morgan fingerprint density at radius 1 is 0.895 bits per heavy atom. The number of nitrogens with one attached hydrogen (secondary N) is 1. The number of aliphatic imine (C=N–C) groups is 1. The van der Waals surface area contributed by atoms with Gasteiger partial charge in [-0.3, -0.25) is 5.41 Å². The topological polar surface area (TPSA) is 88.2 Å². The lowest BCUT2D eigenvalue weighted by Gasteiger charge is -2.02. The average molecular weight is 286 g/mol. The van der Waals surface area contributed by atoms with Gasteiger partial charge in [0.05, 0.1) is 0 Å². The molecule has 5 N–H and O–H groups in total. The molecule has 0 radical (unpaired) electrons. The molecule has 0 rings (SSSR count). The van der Waals surface area contributed by atoms with Crippen LogP contribution in [0.4, 0.5) is 0 Å². The first-order valence-corrected chi connectivity index (χ1v) is 8.46. The third-order valence-electron chi connectivity index (χ3n) is 2.97. The molecule has 112 valence electrons. The number of thioether (sulfide) groups is 1. The van der Waals surface area contributed by atoms with Crippen LogP contribution in [-0.2, 0) is 0 Å². The first-order valence-electron chi connectivity index (χ1n) is 7.47. The van der Waals surface area contributed by atoms with Crippen LogP contribution in [0, 0.1) is 5.41 Å². The highest BCUT2D eigenvalue weighted by Crippen LogP contribution is 2.12. The first kappa shape index (κ1) is 18.3. The number of nitrogens with zero attached hydrogens (tertiary/aromatic N) is 1. The molecule has 0 amide bonds. The Morgan fingerprint density at radius 2 is 1.37 bits per heavy atom. The fourth-order valence-corrected chi connectivity index (χ4v) is 2.62. The minimum absolute atomic E-state index is 0.0272. The summed E-state index contributed by atoms with van der Waals surface area (Å²) >= 11 is 1.42. The summed E-state index contributed by atoms with van der Waals surface area (Å²) < 4.78 is 0. The highest BCUT2D eigenvalue weighted by atomic mass is 32.2. The largest absolute Gasteiger partial charge is 0.370 e. The lowest BCUT2D eigenvalue weighted by Crippen LogP contribution is -2.23. The zero-order valence-corrected chi connectivity index (χ0v) is 13.1. The maximum absolute atomic E-state index is 7.46. The van der Waals surface area contributed by atoms with E-state index in [4.69, 9.17) is 16.9 Å². The summed E-state index contributed by atoms with van der Waals surface area (Å²) in [5.41, 5.74) is 10.4. The Labute approximate surface area is 122 Å². The second-order valence-corrected chi connectivity index (χ2v) is 5.96. The van der Waals surface area contributed by atoms with E-state index in [0.29, 0.717) is 0 Å². The minimum atomic E-state index is -0.0272. The number of rotatable bonds is 11. The number of amidine groups is 1. The number of guanidine groups is 1. The molecule has 5 heteroatoms. The predicted octanol–water partition coefficient (Wildman–Crippen LogP) is 3.85. The van der Waals surface area contributed by atoms with Crippen LogP contribution < -0.4 is 11.5 Å². The third-order valence-corrected chi connectivity index (χ3v) is 3.82. The van der Waals surface area contributed by atoms with Crippen molar-refractivity contribution in [3.63, 3.8) is 0 Å². The summed E-state index contributed by atoms with van der Waals surface area (Å²) in [6.45, 7) is 2.25. The third kappa shape index (κ3) is 15.2. The van der Waals surface area contributed by atoms with Gasteiger partial charge in [-0.15, -0.1) is 0 Å². The van der Waals surface area contributed by atoms with Crippen molar-refractivity contribution < 1.29 is 0 Å². The fourth-order valence-electron chi connectivity index (χ4n) is 1.91. The van der Waals surface area contributed by atoms with E-state index in [0.717, 1.165) is 12.2 Å². The van der Waals surface area contributed by atoms with Gasteiger partial charge in [0.15, 0.2) is 11.1 Å². The van der Waals surface area contributed by atoms with Crippen LogP contribution >= 0.6 is 11.8 Å². The van der Waals surface area contributed by atoms with Crippen molar-refractivity contribution in [2.24, 2.45) is 16.5 Å². The van der Waals surface area contributed by atoms with Gasteiger partial charge in [-0.2, -0.15) is 4.99 Å². The van der Waals surface area contributed by atoms with Crippen molar-refractivity contribution in [3.8, 4) is 0 Å². The molecular formula is C14H30N4S. The quantitative estimate of drug-likeness (QED) is 0.306. The highest BCUT2D eigenvalue weighted by Gasteiger charge is 1.97. The number of hydrogen-bond donors (Lipinski definition) is 3. The van der Waals surface area contributed by atoms with Crippen molar-refractivity contribution in [1.82, 2.24) is 0 Å². The Kier molecular flexibility index (Phi) is 13.2. The van der Waals surface area contributed by atoms with Crippen molar-refractivity contribution in [2.75, 3.05) is 5.75 Å². The van der Waals surface area contributed by atoms with Gasteiger partial charge in [0.2, 0.25) is 0 Å². The Morgan fingerprint density at radius 3 is 1.84 bits per heavy atom. The van der Waals surface area contributed by atoms with Crippen molar-refractivity contribution in [3.05, 3.63) is 0 Å². The molecule has 0 fully saturated rings. The fraction of sp³-hybridized carbons (Fsp3) is 0.857. The summed E-state index contributed by atoms with van der Waals surface area (Å²) in [5, 5.41) is 7.68. The van der Waals surface area contributed by atoms with Crippen LogP contribution in [-0.4, -0.2) is 16.9 Å². The van der Waals surface area contributed by atoms with E-state index < -0.39 is 0 Å². The number of unbranched alkanes of at least 4 members (excludes halogenated alkanes) is 9. The van der Waals surface area contributed by atoms with Gasteiger partial charge in [-0.25, -0.2) is 0 Å². The van der Waals surface area contributed by atoms with Gasteiger partial charge in [-0.05, 0) is 6.42 Å². The van der Waals surface area contributed by atoms with Crippen LogP contribution in [0.15, 0.2) is 4.99 Å². The molecule has 0 aromatic carbocycles. The SMILES string of the molecule is CCCCCCCCCCCCSC(=N)N=C(N)N. The monoisotopic (exact) mass is 286 g/mol. The molecule has 0 aliphatic rings. The molecule has 0 aromatic heterocycles. The zero-order valence-electron chi connectivity index (χ0n) is 12.3. The van der Waals surface area contributed by atoms with Crippen molar-refractivity contribution in [1.29, 1.82) is 5.41 Å². The molecule has 0 atom stereocenters. The lowest BCUT2D eigenvalue weighted by atomic mass is 10.1. The van der Waals surface area contributed by atoms with Gasteiger partial charge >= 0.3 is 0 Å². The molecule has 0 heterocycles. The summed E-state index contributed by atoms with van der Waals surface area (Å²) in [6, 6.07) is 0. The molecular weight excluding hydrogens is 256 g/mol. The average Bonchev–Trinajstić information content (AvgIpc) is 2.35. The lowest BCUT2D eigenvalue weighted by molar-refractivity contribution is 0.563. The van der Waals surface area contributed by atoms with Crippen LogP contribution in [0.25, 0.3) is 0 Å². The smallest absolute Gasteiger partial charge is 0.193 e. The maximum Gasteiger partial charge on any atom is 0.193 e. The van der Waals surface area contributed by atoms with Gasteiger partial charge in [0.25, 0.3) is 0 Å². The second kappa shape index (κ2) is 13.7. The molecule has 0 saturated carbocycles. The van der Waals surface area contributed by atoms with E-state index in [1.807, 2.05) is 0 Å². The van der Waals surface area contributed by atoms with Crippen molar-refractivity contribution in [2.45, 2.75) is 71.1 Å². The maximum atomic E-state index is 7.46. The van der Waals surface area contributed by atoms with Gasteiger partial charge in [0.1, 0.15) is 0 Å². The Balaban J connectivity index is 3.15. The summed E-state index contributed by atoms with van der Waals surface area (Å²) in [4.78, 5) is 3.68. The molecule has 0 aliphatic heterocycles. The number of nitrogens with two attached hydrogens (primary N) is 2. The van der Waals surface area contributed by atoms with Crippen LogP contribution in [0.2, 0.25) is 0 Å². The molecule has 4 nitrogen and oxygen atoms in total. The van der Waals surface area contributed by atoms with Crippen LogP contribution in [0.1, 0.15) is 71.1 Å². The van der Waals surface area contributed by atoms with Gasteiger partial charge in [0, 0.05) is 5.75 Å². The summed E-state index contributed by atoms with van der Waals surface area (Å²) in [6.07, 6.45) is 13.3. The van der Waals surface area contributed by atoms with E-state index in [1.165, 1.54) is 69.5 Å². The minimum Gasteiger partial charge on any atom is -0.370 e. The zero-order chi connectivity index (χ0) is 14.3. The van der Waals surface area contributed by atoms with E-state index in [2.05, 4.69) is 11.9 Å². The van der Waals surface area contributed by atoms with E-state index in [1.54, 1.807) is 0 Å². The molecule has 0 spiro atoms. The molecule has 0 bridgehead atoms. The Hall–Kier alpha value is -0.710. The molecule has 0 saturated heterocycles. The molecule has 0 unspecified atom stereocenters. The van der Waals surface area contributed by atoms with E-state index in [9.17, 15) is 0 Å². The molecule has 0 aliphatic carbocycles. The van der Waals surface area contributed by atoms with Crippen molar-refractivity contribution >= 4 is 22.9 Å². The predicted molar refractivity (Wildman–Crippen MR) is 87.8 cm³/mol. The molecule has 0 aromatic rings. The van der Waals surface area contributed by atoms with E-state index in [-0.39, 0.29) is 11.1 Å². The normalized spacial score (nSPS) is 10.4. The second-order valence-electron chi connectivity index (χ2n) is 4.87. The van der Waals surface area contributed by atoms with Gasteiger partial charge in [-0.1, -0.05) is 76.5 Å². The Bertz CT molecular complexity index is 250. The van der Waals surface area contributed by atoms with Gasteiger partial charge < -0.3 is 11.5 Å². The first-order chi connectivity index (χ1) is 9.16. The summed E-state index contributed by atoms with van der Waals surface area (Å²) in [7, 11) is 0. The summed E-state index contributed by atoms with van der Waals surface area (Å²) in [5.74, 6) is 0.909. The molecule has 19 heavy (non-hydrogen) atoms. The highest BCUT2D eigenvalue weighted by molar-refractivity contribution is 8.13. The number of hydrogen-bond acceptors (Lipinski definition) is 2. The van der Waals surface area contributed by atoms with E-state index >= 15 is 0 Å². The standard InChI is InChI=1S/C14H30N4S/c1-2-3-4-5-6-7-8-9-10-11-12-19-14(17)18-13(15)16/h2-12H2,1H3,(H5,15,16,17,18). The van der Waals surface area contributed by atoms with Crippen LogP contribution in [0.5, 0.6) is 0 Å².